The van der Waals surface area contributed by atoms with Gasteiger partial charge in [0.2, 0.25) is 0 Å². The van der Waals surface area contributed by atoms with Crippen molar-refractivity contribution in [1.29, 1.82) is 0 Å². The number of amides is 1. The Labute approximate surface area is 137 Å². The molecule has 6 heteroatoms. The van der Waals surface area contributed by atoms with Gasteiger partial charge in [0.15, 0.2) is 0 Å². The third-order valence-electron chi connectivity index (χ3n) is 3.41. The number of rotatable bonds is 4. The van der Waals surface area contributed by atoms with Gasteiger partial charge >= 0.3 is 0 Å². The highest BCUT2D eigenvalue weighted by molar-refractivity contribution is 7.18. The van der Waals surface area contributed by atoms with Gasteiger partial charge in [-0.25, -0.2) is 4.98 Å². The molecule has 0 atom stereocenters. The van der Waals surface area contributed by atoms with Crippen LogP contribution in [0.2, 0.25) is 0 Å². The van der Waals surface area contributed by atoms with E-state index in [1.165, 1.54) is 14.2 Å². The van der Waals surface area contributed by atoms with E-state index in [0.717, 1.165) is 15.2 Å². The van der Waals surface area contributed by atoms with Crippen molar-refractivity contribution in [3.05, 3.63) is 47.0 Å². The smallest absolute Gasteiger partial charge is 0.263 e. The quantitative estimate of drug-likeness (QED) is 0.790. The first kappa shape index (κ1) is 15.3. The molecule has 3 aromatic rings. The fourth-order valence-electron chi connectivity index (χ4n) is 2.39. The summed E-state index contributed by atoms with van der Waals surface area (Å²) in [6.45, 7) is 1.96. The monoisotopic (exact) mass is 328 g/mol. The average Bonchev–Trinajstić information content (AvgIpc) is 2.93. The molecular formula is C17H16N2O3S. The van der Waals surface area contributed by atoms with Crippen LogP contribution in [0.3, 0.4) is 0 Å². The molecule has 23 heavy (non-hydrogen) atoms. The molecule has 1 aromatic heterocycles. The van der Waals surface area contributed by atoms with Crippen molar-refractivity contribution in [3.8, 4) is 11.5 Å². The molecule has 0 radical (unpaired) electrons. The Morgan fingerprint density at radius 2 is 1.83 bits per heavy atom. The maximum atomic E-state index is 12.6. The number of anilines is 1. The fourth-order valence-corrected chi connectivity index (χ4v) is 3.20. The van der Waals surface area contributed by atoms with Gasteiger partial charge in [-0.3, -0.25) is 4.79 Å². The fraction of sp³-hybridized carbons (Fsp3) is 0.176. The molecule has 1 heterocycles. The van der Waals surface area contributed by atoms with E-state index in [4.69, 9.17) is 9.47 Å². The third kappa shape index (κ3) is 2.98. The highest BCUT2D eigenvalue weighted by Crippen LogP contribution is 2.30. The van der Waals surface area contributed by atoms with Crippen LogP contribution in [0, 0.1) is 6.92 Å². The summed E-state index contributed by atoms with van der Waals surface area (Å²) in [5, 5.41) is 3.87. The van der Waals surface area contributed by atoms with Gasteiger partial charge in [-0.05, 0) is 37.3 Å². The lowest BCUT2D eigenvalue weighted by Gasteiger charge is -2.13. The zero-order chi connectivity index (χ0) is 16.4. The SMILES string of the molecule is COc1cccc(OC)c1C(=O)Nc1ccc2sc(C)nc2c1. The Balaban J connectivity index is 1.94. The summed E-state index contributed by atoms with van der Waals surface area (Å²) in [6.07, 6.45) is 0. The molecule has 1 N–H and O–H groups in total. The summed E-state index contributed by atoms with van der Waals surface area (Å²) in [4.78, 5) is 17.1. The number of methoxy groups -OCH3 is 2. The number of nitrogens with one attached hydrogen (secondary N) is 1. The normalized spacial score (nSPS) is 10.6. The Kier molecular flexibility index (Phi) is 4.16. The van der Waals surface area contributed by atoms with Gasteiger partial charge in [-0.2, -0.15) is 0 Å². The molecule has 118 valence electrons. The molecule has 0 aliphatic rings. The van der Waals surface area contributed by atoms with E-state index in [9.17, 15) is 4.79 Å². The number of nitrogens with zero attached hydrogens (tertiary/aromatic N) is 1. The van der Waals surface area contributed by atoms with Crippen LogP contribution < -0.4 is 14.8 Å². The van der Waals surface area contributed by atoms with Crippen LogP contribution in [-0.4, -0.2) is 25.1 Å². The summed E-state index contributed by atoms with van der Waals surface area (Å²) in [5.74, 6) is 0.644. The van der Waals surface area contributed by atoms with Crippen molar-refractivity contribution >= 4 is 33.1 Å². The molecule has 0 bridgehead atoms. The van der Waals surface area contributed by atoms with Crippen molar-refractivity contribution in [2.45, 2.75) is 6.92 Å². The van der Waals surface area contributed by atoms with Crippen LogP contribution in [0.1, 0.15) is 15.4 Å². The Hall–Kier alpha value is -2.60. The number of benzene rings is 2. The largest absolute Gasteiger partial charge is 0.496 e. The van der Waals surface area contributed by atoms with E-state index in [0.29, 0.717) is 22.7 Å². The van der Waals surface area contributed by atoms with Gasteiger partial charge in [0.25, 0.3) is 5.91 Å². The van der Waals surface area contributed by atoms with Crippen molar-refractivity contribution in [3.63, 3.8) is 0 Å². The predicted molar refractivity (Wildman–Crippen MR) is 91.9 cm³/mol. The van der Waals surface area contributed by atoms with E-state index < -0.39 is 0 Å². The van der Waals surface area contributed by atoms with Gasteiger partial charge in [0.05, 0.1) is 29.4 Å². The van der Waals surface area contributed by atoms with Gasteiger partial charge in [-0.1, -0.05) is 6.07 Å². The lowest BCUT2D eigenvalue weighted by molar-refractivity contribution is 0.102. The first-order valence-electron chi connectivity index (χ1n) is 7.02. The van der Waals surface area contributed by atoms with Crippen LogP contribution in [0.4, 0.5) is 5.69 Å². The maximum Gasteiger partial charge on any atom is 0.263 e. The second-order valence-corrected chi connectivity index (χ2v) is 6.14. The zero-order valence-corrected chi connectivity index (χ0v) is 13.9. The number of carbonyl (C=O) groups excluding carboxylic acids is 1. The zero-order valence-electron chi connectivity index (χ0n) is 13.0. The number of thiazole rings is 1. The van der Waals surface area contributed by atoms with Crippen LogP contribution in [0.15, 0.2) is 36.4 Å². The molecule has 0 aliphatic carbocycles. The molecule has 0 saturated heterocycles. The van der Waals surface area contributed by atoms with Crippen LogP contribution >= 0.6 is 11.3 Å². The van der Waals surface area contributed by atoms with Gasteiger partial charge in [0, 0.05) is 5.69 Å². The van der Waals surface area contributed by atoms with Crippen molar-refractivity contribution in [2.75, 3.05) is 19.5 Å². The minimum absolute atomic E-state index is 0.286. The number of hydrogen-bond donors (Lipinski definition) is 1. The molecule has 0 saturated carbocycles. The minimum atomic E-state index is -0.286. The predicted octanol–water partition coefficient (Wildman–Crippen LogP) is 3.87. The molecule has 0 fully saturated rings. The topological polar surface area (TPSA) is 60.5 Å². The number of fused-ring (bicyclic) bond motifs is 1. The first-order valence-corrected chi connectivity index (χ1v) is 7.83. The van der Waals surface area contributed by atoms with E-state index in [1.54, 1.807) is 29.5 Å². The van der Waals surface area contributed by atoms with Gasteiger partial charge in [0.1, 0.15) is 17.1 Å². The molecule has 0 aliphatic heterocycles. The van der Waals surface area contributed by atoms with Crippen LogP contribution in [-0.2, 0) is 0 Å². The second-order valence-electron chi connectivity index (χ2n) is 4.91. The lowest BCUT2D eigenvalue weighted by Crippen LogP contribution is -2.14. The number of hydrogen-bond acceptors (Lipinski definition) is 5. The number of aromatic nitrogens is 1. The molecule has 1 amide bonds. The molecule has 3 rings (SSSR count). The van der Waals surface area contributed by atoms with Crippen LogP contribution in [0.5, 0.6) is 11.5 Å². The minimum Gasteiger partial charge on any atom is -0.496 e. The number of aryl methyl sites for hydroxylation is 1. The van der Waals surface area contributed by atoms with Crippen molar-refractivity contribution < 1.29 is 14.3 Å². The first-order chi connectivity index (χ1) is 11.1. The van der Waals surface area contributed by atoms with E-state index in [-0.39, 0.29) is 5.91 Å². The number of carbonyl (C=O) groups is 1. The van der Waals surface area contributed by atoms with Crippen molar-refractivity contribution in [2.24, 2.45) is 0 Å². The third-order valence-corrected chi connectivity index (χ3v) is 4.36. The average molecular weight is 328 g/mol. The highest BCUT2D eigenvalue weighted by Gasteiger charge is 2.18. The summed E-state index contributed by atoms with van der Waals surface area (Å²) >= 11 is 1.62. The van der Waals surface area contributed by atoms with E-state index >= 15 is 0 Å². The van der Waals surface area contributed by atoms with Crippen LogP contribution in [0.25, 0.3) is 10.2 Å². The number of ether oxygens (including phenoxy) is 2. The summed E-state index contributed by atoms with van der Waals surface area (Å²) < 4.78 is 11.6. The van der Waals surface area contributed by atoms with Gasteiger partial charge in [-0.15, -0.1) is 11.3 Å². The standard InChI is InChI=1S/C17H16N2O3S/c1-10-18-12-9-11(7-8-15(12)23-10)19-17(20)16-13(21-2)5-4-6-14(16)22-3/h4-9H,1-3H3,(H,19,20). The maximum absolute atomic E-state index is 12.6. The summed E-state index contributed by atoms with van der Waals surface area (Å²) in [6, 6.07) is 10.9. The summed E-state index contributed by atoms with van der Waals surface area (Å²) in [5.41, 5.74) is 1.92. The molecular weight excluding hydrogens is 312 g/mol. The Morgan fingerprint density at radius 3 is 2.48 bits per heavy atom. The molecule has 2 aromatic carbocycles. The Morgan fingerprint density at radius 1 is 1.13 bits per heavy atom. The second kappa shape index (κ2) is 6.26. The van der Waals surface area contributed by atoms with E-state index in [1.807, 2.05) is 25.1 Å². The summed E-state index contributed by atoms with van der Waals surface area (Å²) in [7, 11) is 3.05. The van der Waals surface area contributed by atoms with Gasteiger partial charge < -0.3 is 14.8 Å². The highest BCUT2D eigenvalue weighted by atomic mass is 32.1. The molecule has 5 nitrogen and oxygen atoms in total. The van der Waals surface area contributed by atoms with Crippen molar-refractivity contribution in [1.82, 2.24) is 4.98 Å². The molecule has 0 unspecified atom stereocenters. The molecule has 0 spiro atoms. The lowest BCUT2D eigenvalue weighted by atomic mass is 10.1. The van der Waals surface area contributed by atoms with E-state index in [2.05, 4.69) is 10.3 Å². The Bertz CT molecular complexity index is 851.